The molecule has 2 aliphatic heterocycles. The number of rotatable bonds is 6. The molecule has 0 aromatic carbocycles. The second-order valence-corrected chi connectivity index (χ2v) is 7.88. The minimum atomic E-state index is -4.55. The molecule has 1 aromatic heterocycles. The Morgan fingerprint density at radius 2 is 2.10 bits per heavy atom. The number of nitrogens with zero attached hydrogens (tertiary/aromatic N) is 2. The molecule has 0 unspecified atom stereocenters. The number of fused-ring (bicyclic) bond motifs is 2. The van der Waals surface area contributed by atoms with Gasteiger partial charge in [-0.15, -0.1) is 0 Å². The molecule has 2 aliphatic rings. The first-order valence-corrected chi connectivity index (χ1v) is 9.63. The van der Waals surface area contributed by atoms with E-state index in [0.717, 1.165) is 17.9 Å². The van der Waals surface area contributed by atoms with Gasteiger partial charge in [0.25, 0.3) is 0 Å². The molecule has 4 nitrogen and oxygen atoms in total. The summed E-state index contributed by atoms with van der Waals surface area (Å²) >= 11 is 0. The van der Waals surface area contributed by atoms with Gasteiger partial charge < -0.3 is 4.74 Å². The smallest absolute Gasteiger partial charge is 0.368 e. The van der Waals surface area contributed by atoms with Crippen molar-refractivity contribution >= 4 is 12.1 Å². The number of ether oxygens (including phenoxy) is 1. The highest BCUT2D eigenvalue weighted by Gasteiger charge is 2.58. The van der Waals surface area contributed by atoms with Gasteiger partial charge in [-0.1, -0.05) is 12.7 Å². The van der Waals surface area contributed by atoms with Gasteiger partial charge in [0, 0.05) is 29.8 Å². The van der Waals surface area contributed by atoms with Crippen LogP contribution in [0, 0.1) is 6.92 Å². The highest BCUT2D eigenvalue weighted by Crippen LogP contribution is 2.55. The number of anilines is 1. The molecule has 8 heteroatoms. The molecule has 30 heavy (non-hydrogen) atoms. The lowest BCUT2D eigenvalue weighted by Gasteiger charge is -2.35. The van der Waals surface area contributed by atoms with Crippen LogP contribution < -0.4 is 4.90 Å². The maximum Gasteiger partial charge on any atom is 0.412 e. The Bertz CT molecular complexity index is 909. The van der Waals surface area contributed by atoms with Crippen molar-refractivity contribution in [2.45, 2.75) is 63.6 Å². The van der Waals surface area contributed by atoms with Crippen LogP contribution in [0.1, 0.15) is 43.9 Å². The summed E-state index contributed by atoms with van der Waals surface area (Å²) in [5, 5.41) is 0. The number of hydrogen-bond donors (Lipinski definition) is 0. The van der Waals surface area contributed by atoms with E-state index in [-0.39, 0.29) is 17.7 Å². The van der Waals surface area contributed by atoms with Crippen molar-refractivity contribution in [1.82, 2.24) is 4.98 Å². The highest BCUT2D eigenvalue weighted by atomic mass is 19.4. The number of carbonyl (C=O) groups excluding carboxylic acids is 1. The number of alkyl halides is 4. The summed E-state index contributed by atoms with van der Waals surface area (Å²) in [7, 11) is 0. The Kier molecular flexibility index (Phi) is 5.91. The molecule has 4 atom stereocenters. The van der Waals surface area contributed by atoms with Gasteiger partial charge in [-0.3, -0.25) is 14.7 Å². The minimum absolute atomic E-state index is 0.0156. The van der Waals surface area contributed by atoms with E-state index in [9.17, 15) is 22.4 Å². The van der Waals surface area contributed by atoms with E-state index in [1.165, 1.54) is 12.2 Å². The summed E-state index contributed by atoms with van der Waals surface area (Å²) in [6, 6.07) is 1.68. The molecular formula is C22H24F4N2O2. The molecule has 0 aliphatic carbocycles. The van der Waals surface area contributed by atoms with Crippen molar-refractivity contribution in [1.29, 1.82) is 0 Å². The number of hydrogen-bond acceptors (Lipinski definition) is 3. The molecule has 2 fully saturated rings. The molecule has 0 radical (unpaired) electrons. The Balaban J connectivity index is 2.13. The molecule has 0 saturated carbocycles. The van der Waals surface area contributed by atoms with Crippen LogP contribution in [0.4, 0.5) is 23.2 Å². The predicted molar refractivity (Wildman–Crippen MR) is 106 cm³/mol. The van der Waals surface area contributed by atoms with Gasteiger partial charge in [0.15, 0.2) is 0 Å². The molecule has 3 rings (SSSR count). The molecule has 3 heterocycles. The third-order valence-electron chi connectivity index (χ3n) is 5.94. The van der Waals surface area contributed by atoms with Gasteiger partial charge in [-0.25, -0.2) is 4.39 Å². The van der Waals surface area contributed by atoms with Crippen LogP contribution in [-0.2, 0) is 9.53 Å². The zero-order chi connectivity index (χ0) is 22.3. The lowest BCUT2D eigenvalue weighted by molar-refractivity contribution is -0.107. The second kappa shape index (κ2) is 7.98. The third kappa shape index (κ3) is 3.80. The SMILES string of the molecule is C=C/C=C(\C=C(/C)C(F)(F)F)N(C=O)c1c([C@@H]2C[C@H]3C[C@@H](F)[C@@]2(C)O3)ccnc1C. The number of allylic oxidation sites excluding steroid dienone is 4. The van der Waals surface area contributed by atoms with Crippen LogP contribution in [-0.4, -0.2) is 35.4 Å². The molecule has 1 amide bonds. The first kappa shape index (κ1) is 22.2. The fourth-order valence-corrected chi connectivity index (χ4v) is 4.36. The summed E-state index contributed by atoms with van der Waals surface area (Å²) in [5.74, 6) is -0.358. The van der Waals surface area contributed by atoms with E-state index in [2.05, 4.69) is 11.6 Å². The number of aromatic nitrogens is 1. The van der Waals surface area contributed by atoms with Crippen molar-refractivity contribution < 1.29 is 27.1 Å². The molecule has 0 spiro atoms. The third-order valence-corrected chi connectivity index (χ3v) is 5.94. The molecule has 162 valence electrons. The average molecular weight is 424 g/mol. The van der Waals surface area contributed by atoms with E-state index in [1.54, 1.807) is 26.1 Å². The van der Waals surface area contributed by atoms with E-state index in [0.29, 0.717) is 36.2 Å². The van der Waals surface area contributed by atoms with Gasteiger partial charge in [0.2, 0.25) is 6.41 Å². The highest BCUT2D eigenvalue weighted by molar-refractivity contribution is 5.84. The monoisotopic (exact) mass is 424 g/mol. The molecule has 1 aromatic rings. The van der Waals surface area contributed by atoms with Gasteiger partial charge in [-0.2, -0.15) is 13.2 Å². The molecule has 2 bridgehead atoms. The Hall–Kier alpha value is -2.48. The summed E-state index contributed by atoms with van der Waals surface area (Å²) < 4.78 is 59.9. The molecule has 0 N–H and O–H groups in total. The van der Waals surface area contributed by atoms with Crippen LogP contribution in [0.3, 0.4) is 0 Å². The van der Waals surface area contributed by atoms with Crippen molar-refractivity contribution in [2.24, 2.45) is 0 Å². The lowest BCUT2D eigenvalue weighted by Crippen LogP contribution is -2.39. The van der Waals surface area contributed by atoms with Crippen LogP contribution in [0.5, 0.6) is 0 Å². The number of amides is 1. The second-order valence-electron chi connectivity index (χ2n) is 7.88. The van der Waals surface area contributed by atoms with Gasteiger partial charge in [0.05, 0.1) is 17.5 Å². The molecule has 2 saturated heterocycles. The van der Waals surface area contributed by atoms with Crippen LogP contribution >= 0.6 is 0 Å². The lowest BCUT2D eigenvalue weighted by atomic mass is 9.74. The Morgan fingerprint density at radius 3 is 2.63 bits per heavy atom. The van der Waals surface area contributed by atoms with E-state index in [1.807, 2.05) is 0 Å². The fourth-order valence-electron chi connectivity index (χ4n) is 4.36. The number of aryl methyl sites for hydroxylation is 1. The topological polar surface area (TPSA) is 42.4 Å². The first-order valence-electron chi connectivity index (χ1n) is 9.63. The Labute approximate surface area is 172 Å². The maximum absolute atomic E-state index is 14.7. The summed E-state index contributed by atoms with van der Waals surface area (Å²) in [6.07, 6.45) is 0.433. The normalized spacial score (nSPS) is 29.2. The number of carbonyl (C=O) groups is 1. The first-order chi connectivity index (χ1) is 14.0. The summed E-state index contributed by atoms with van der Waals surface area (Å²) in [4.78, 5) is 17.4. The number of halogens is 4. The quantitative estimate of drug-likeness (QED) is 0.353. The van der Waals surface area contributed by atoms with Gasteiger partial charge >= 0.3 is 6.18 Å². The van der Waals surface area contributed by atoms with Crippen molar-refractivity contribution in [2.75, 3.05) is 4.90 Å². The largest absolute Gasteiger partial charge is 0.412 e. The van der Waals surface area contributed by atoms with Crippen LogP contribution in [0.15, 0.2) is 48.3 Å². The van der Waals surface area contributed by atoms with Crippen LogP contribution in [0.2, 0.25) is 0 Å². The standard InChI is InChI=1S/C22H24F4N2O2/c1-5-6-15(9-13(2)22(24,25)26)28(12-29)20-14(3)27-8-7-17(20)18-10-16-11-19(23)21(18,4)30-16/h5-9,12,16,18-19H,1,10-11H2,2-4H3/b13-9+,15-6+/t16-,18-,19+,21-/m0/s1. The van der Waals surface area contributed by atoms with E-state index < -0.39 is 23.5 Å². The van der Waals surface area contributed by atoms with Crippen LogP contribution in [0.25, 0.3) is 0 Å². The van der Waals surface area contributed by atoms with Crippen molar-refractivity contribution in [3.05, 3.63) is 59.6 Å². The maximum atomic E-state index is 14.7. The number of pyridine rings is 1. The average Bonchev–Trinajstić information content (AvgIpc) is 3.14. The fraction of sp³-hybridized carbons (Fsp3) is 0.455. The Morgan fingerprint density at radius 1 is 1.40 bits per heavy atom. The zero-order valence-electron chi connectivity index (χ0n) is 17.0. The predicted octanol–water partition coefficient (Wildman–Crippen LogP) is 5.30. The van der Waals surface area contributed by atoms with E-state index >= 15 is 0 Å². The molecular weight excluding hydrogens is 400 g/mol. The zero-order valence-corrected chi connectivity index (χ0v) is 17.0. The van der Waals surface area contributed by atoms with E-state index in [4.69, 9.17) is 4.74 Å². The van der Waals surface area contributed by atoms with Gasteiger partial charge in [-0.05, 0) is 51.0 Å². The summed E-state index contributed by atoms with van der Waals surface area (Å²) in [6.45, 7) is 7.83. The van der Waals surface area contributed by atoms with Gasteiger partial charge in [0.1, 0.15) is 11.8 Å². The summed E-state index contributed by atoms with van der Waals surface area (Å²) in [5.41, 5.74) is -0.546. The minimum Gasteiger partial charge on any atom is -0.368 e. The van der Waals surface area contributed by atoms with Crippen molar-refractivity contribution in [3.63, 3.8) is 0 Å². The van der Waals surface area contributed by atoms with Crippen molar-refractivity contribution in [3.8, 4) is 0 Å².